The summed E-state index contributed by atoms with van der Waals surface area (Å²) >= 11 is 12.0. The van der Waals surface area contributed by atoms with Crippen LogP contribution in [0.2, 0.25) is 10.0 Å². The third kappa shape index (κ3) is 3.54. The van der Waals surface area contributed by atoms with E-state index in [0.29, 0.717) is 17.4 Å². The Labute approximate surface area is 131 Å². The van der Waals surface area contributed by atoms with Gasteiger partial charge in [0, 0.05) is 6.54 Å². The second-order valence-corrected chi connectivity index (χ2v) is 4.81. The van der Waals surface area contributed by atoms with E-state index in [1.807, 2.05) is 13.0 Å². The molecule has 108 valence electrons. The van der Waals surface area contributed by atoms with E-state index in [2.05, 4.69) is 10.3 Å². The molecule has 0 aliphatic carbocycles. The van der Waals surface area contributed by atoms with Gasteiger partial charge >= 0.3 is 0 Å². The van der Waals surface area contributed by atoms with Crippen molar-refractivity contribution in [1.82, 2.24) is 4.98 Å². The third-order valence-corrected chi connectivity index (χ3v) is 3.07. The summed E-state index contributed by atoms with van der Waals surface area (Å²) in [6.45, 7) is 2.49. The molecule has 0 atom stereocenters. The minimum Gasteiger partial charge on any atom is -0.434 e. The van der Waals surface area contributed by atoms with Gasteiger partial charge in [-0.3, -0.25) is 0 Å². The van der Waals surface area contributed by atoms with E-state index in [4.69, 9.17) is 33.2 Å². The van der Waals surface area contributed by atoms with Crippen LogP contribution in [-0.4, -0.2) is 11.5 Å². The number of nitrogens with one attached hydrogen (secondary N) is 1. The molecule has 2 rings (SSSR count). The Hall–Kier alpha value is -2.03. The Kier molecular flexibility index (Phi) is 4.84. The van der Waals surface area contributed by atoms with E-state index >= 15 is 0 Å². The number of ether oxygens (including phenoxy) is 1. The van der Waals surface area contributed by atoms with Crippen LogP contribution >= 0.6 is 23.2 Å². The average Bonchev–Trinajstić information content (AvgIpc) is 2.46. The summed E-state index contributed by atoms with van der Waals surface area (Å²) in [6, 6.07) is 7.15. The lowest BCUT2D eigenvalue weighted by Crippen LogP contribution is -2.02. The van der Waals surface area contributed by atoms with Crippen molar-refractivity contribution in [3.63, 3.8) is 0 Å². The molecule has 0 aliphatic heterocycles. The molecule has 0 radical (unpaired) electrons. The Balaban J connectivity index is 2.35. The van der Waals surface area contributed by atoms with Gasteiger partial charge in [-0.25, -0.2) is 4.39 Å². The van der Waals surface area contributed by atoms with E-state index in [1.54, 1.807) is 0 Å². The number of hydrogen-bond acceptors (Lipinski definition) is 4. The van der Waals surface area contributed by atoms with Crippen LogP contribution in [0.1, 0.15) is 12.5 Å². The number of halogens is 3. The molecule has 21 heavy (non-hydrogen) atoms. The van der Waals surface area contributed by atoms with Gasteiger partial charge in [-0.15, -0.1) is 0 Å². The molecule has 0 spiro atoms. The van der Waals surface area contributed by atoms with Crippen molar-refractivity contribution in [2.45, 2.75) is 6.92 Å². The van der Waals surface area contributed by atoms with Gasteiger partial charge in [-0.1, -0.05) is 23.2 Å². The zero-order chi connectivity index (χ0) is 15.4. The number of pyridine rings is 1. The van der Waals surface area contributed by atoms with Crippen LogP contribution in [0.15, 0.2) is 24.3 Å². The molecular weight excluding hydrogens is 316 g/mol. The Morgan fingerprint density at radius 1 is 1.33 bits per heavy atom. The van der Waals surface area contributed by atoms with Crippen LogP contribution in [0.5, 0.6) is 11.6 Å². The van der Waals surface area contributed by atoms with Crippen LogP contribution in [0.3, 0.4) is 0 Å². The van der Waals surface area contributed by atoms with Gasteiger partial charge in [-0.05, 0) is 31.2 Å². The molecule has 2 aromatic rings. The molecule has 1 N–H and O–H groups in total. The molecule has 0 saturated heterocycles. The topological polar surface area (TPSA) is 57.9 Å². The number of aromatic nitrogens is 1. The van der Waals surface area contributed by atoms with Gasteiger partial charge in [0.05, 0.1) is 16.7 Å². The highest BCUT2D eigenvalue weighted by molar-refractivity contribution is 6.36. The maximum absolute atomic E-state index is 13.8. The fourth-order valence-electron chi connectivity index (χ4n) is 1.57. The van der Waals surface area contributed by atoms with Crippen molar-refractivity contribution in [3.8, 4) is 17.7 Å². The summed E-state index contributed by atoms with van der Waals surface area (Å²) in [5, 5.41) is 12.1. The number of nitriles is 1. The van der Waals surface area contributed by atoms with Gasteiger partial charge in [-0.2, -0.15) is 10.2 Å². The first kappa shape index (κ1) is 15.4. The molecule has 0 fully saturated rings. The van der Waals surface area contributed by atoms with E-state index in [9.17, 15) is 4.39 Å². The van der Waals surface area contributed by atoms with Gasteiger partial charge < -0.3 is 10.1 Å². The zero-order valence-electron chi connectivity index (χ0n) is 11.0. The van der Waals surface area contributed by atoms with Gasteiger partial charge in [0.25, 0.3) is 0 Å². The number of benzene rings is 1. The number of anilines is 1. The highest BCUT2D eigenvalue weighted by Crippen LogP contribution is 2.34. The first-order valence-electron chi connectivity index (χ1n) is 6.02. The number of nitrogens with zero attached hydrogens (tertiary/aromatic N) is 2. The molecule has 7 heteroatoms. The van der Waals surface area contributed by atoms with E-state index in [1.165, 1.54) is 18.2 Å². The fourth-order valence-corrected chi connectivity index (χ4v) is 2.03. The largest absolute Gasteiger partial charge is 0.434 e. The molecule has 1 heterocycles. The Morgan fingerprint density at radius 3 is 2.71 bits per heavy atom. The molecule has 0 bridgehead atoms. The molecule has 0 unspecified atom stereocenters. The molecular formula is C14H10Cl2FN3O. The lowest BCUT2D eigenvalue weighted by atomic mass is 10.2. The van der Waals surface area contributed by atoms with E-state index < -0.39 is 5.82 Å². The summed E-state index contributed by atoms with van der Waals surface area (Å²) in [5.74, 6) is -0.326. The highest BCUT2D eigenvalue weighted by Gasteiger charge is 2.13. The second-order valence-electron chi connectivity index (χ2n) is 4.00. The van der Waals surface area contributed by atoms with Crippen LogP contribution in [0.25, 0.3) is 0 Å². The standard InChI is InChI=1S/C14H10Cl2FN3O/c1-2-19-13-9(15)6-10(16)14(20-13)21-12-4-3-8(7-18)5-11(12)17/h3-6H,2H2,1H3,(H,19,20). The number of rotatable bonds is 4. The Bertz CT molecular complexity index is 716. The summed E-state index contributed by atoms with van der Waals surface area (Å²) < 4.78 is 19.1. The quantitative estimate of drug-likeness (QED) is 0.890. The normalized spacial score (nSPS) is 10.0. The van der Waals surface area contributed by atoms with Crippen LogP contribution in [0, 0.1) is 17.1 Å². The van der Waals surface area contributed by atoms with E-state index in [0.717, 1.165) is 6.07 Å². The maximum atomic E-state index is 13.8. The molecule has 1 aromatic carbocycles. The van der Waals surface area contributed by atoms with Gasteiger partial charge in [0.15, 0.2) is 11.6 Å². The van der Waals surface area contributed by atoms with Gasteiger partial charge in [0.1, 0.15) is 10.8 Å². The predicted molar refractivity (Wildman–Crippen MR) is 79.6 cm³/mol. The van der Waals surface area contributed by atoms with Crippen LogP contribution in [-0.2, 0) is 0 Å². The van der Waals surface area contributed by atoms with Crippen molar-refractivity contribution >= 4 is 29.0 Å². The van der Waals surface area contributed by atoms with Gasteiger partial charge in [0.2, 0.25) is 5.88 Å². The van der Waals surface area contributed by atoms with Crippen molar-refractivity contribution < 1.29 is 9.13 Å². The molecule has 0 amide bonds. The number of hydrogen-bond donors (Lipinski definition) is 1. The SMILES string of the molecule is CCNc1nc(Oc2ccc(C#N)cc2F)c(Cl)cc1Cl. The molecule has 0 aliphatic rings. The predicted octanol–water partition coefficient (Wildman–Crippen LogP) is 4.62. The minimum absolute atomic E-state index is 0.0284. The molecule has 4 nitrogen and oxygen atoms in total. The smallest absolute Gasteiger partial charge is 0.240 e. The summed E-state index contributed by atoms with van der Waals surface area (Å²) in [6.07, 6.45) is 0. The molecule has 0 saturated carbocycles. The van der Waals surface area contributed by atoms with Crippen molar-refractivity contribution in [3.05, 3.63) is 45.7 Å². The summed E-state index contributed by atoms with van der Waals surface area (Å²) in [5.41, 5.74) is 0.198. The first-order chi connectivity index (χ1) is 10.0. The second kappa shape index (κ2) is 6.61. The Morgan fingerprint density at radius 2 is 2.10 bits per heavy atom. The fraction of sp³-hybridized carbons (Fsp3) is 0.143. The first-order valence-corrected chi connectivity index (χ1v) is 6.78. The summed E-state index contributed by atoms with van der Waals surface area (Å²) in [4.78, 5) is 4.11. The third-order valence-electron chi connectivity index (χ3n) is 2.51. The van der Waals surface area contributed by atoms with Crippen molar-refractivity contribution in [1.29, 1.82) is 5.26 Å². The maximum Gasteiger partial charge on any atom is 0.240 e. The monoisotopic (exact) mass is 325 g/mol. The average molecular weight is 326 g/mol. The lowest BCUT2D eigenvalue weighted by Gasteiger charge is -2.11. The molecule has 1 aromatic heterocycles. The van der Waals surface area contributed by atoms with Crippen molar-refractivity contribution in [2.75, 3.05) is 11.9 Å². The highest BCUT2D eigenvalue weighted by atomic mass is 35.5. The van der Waals surface area contributed by atoms with Crippen LogP contribution < -0.4 is 10.1 Å². The van der Waals surface area contributed by atoms with E-state index in [-0.39, 0.29) is 22.2 Å². The lowest BCUT2D eigenvalue weighted by molar-refractivity contribution is 0.428. The van der Waals surface area contributed by atoms with Crippen LogP contribution in [0.4, 0.5) is 10.2 Å². The van der Waals surface area contributed by atoms with Crippen molar-refractivity contribution in [2.24, 2.45) is 0 Å². The minimum atomic E-state index is -0.674. The zero-order valence-corrected chi connectivity index (χ0v) is 12.5. The summed E-state index contributed by atoms with van der Waals surface area (Å²) in [7, 11) is 0.